The van der Waals surface area contributed by atoms with Gasteiger partial charge in [0.15, 0.2) is 0 Å². The molecule has 2 rings (SSSR count). The van der Waals surface area contributed by atoms with Crippen LogP contribution in [-0.2, 0) is 7.05 Å². The van der Waals surface area contributed by atoms with Crippen molar-refractivity contribution >= 4 is 27.0 Å². The first-order chi connectivity index (χ1) is 6.22. The van der Waals surface area contributed by atoms with Crippen LogP contribution in [0.1, 0.15) is 0 Å². The fourth-order valence-corrected chi connectivity index (χ4v) is 1.68. The van der Waals surface area contributed by atoms with Gasteiger partial charge in [0.05, 0.1) is 4.47 Å². The zero-order valence-electron chi connectivity index (χ0n) is 7.36. The average molecular weight is 243 g/mol. The highest BCUT2D eigenvalue weighted by molar-refractivity contribution is 9.10. The molecule has 0 bridgehead atoms. The molecule has 0 atom stereocenters. The van der Waals surface area contributed by atoms with E-state index in [9.17, 15) is 0 Å². The van der Waals surface area contributed by atoms with Gasteiger partial charge in [-0.25, -0.2) is 0 Å². The smallest absolute Gasteiger partial charge is 0.274 e. The second kappa shape index (κ2) is 2.99. The summed E-state index contributed by atoms with van der Waals surface area (Å²) in [5.74, 6) is 0. The van der Waals surface area contributed by atoms with E-state index in [1.807, 2.05) is 19.3 Å². The topological polar surface area (TPSA) is 30.9 Å². The Morgan fingerprint density at radius 3 is 3.08 bits per heavy atom. The van der Waals surface area contributed by atoms with Crippen molar-refractivity contribution in [2.45, 2.75) is 0 Å². The van der Waals surface area contributed by atoms with Crippen LogP contribution in [0, 0.1) is 0 Å². The molecule has 0 aliphatic rings. The Kier molecular flexibility index (Phi) is 1.95. The Hall–Kier alpha value is -1.10. The van der Waals surface area contributed by atoms with Crippen molar-refractivity contribution in [3.8, 4) is 0 Å². The Morgan fingerprint density at radius 2 is 2.38 bits per heavy atom. The Bertz CT molecular complexity index is 452. The number of nitrogens with zero attached hydrogens (tertiary/aromatic N) is 3. The van der Waals surface area contributed by atoms with E-state index in [0.717, 1.165) is 15.5 Å². The molecule has 5 heteroatoms. The number of halogens is 1. The lowest BCUT2D eigenvalue weighted by Crippen LogP contribution is -2.40. The van der Waals surface area contributed by atoms with Crippen molar-refractivity contribution in [3.63, 3.8) is 0 Å². The molecule has 0 aliphatic carbocycles. The standard InChI is InChI=1S/C8H9BrN3O/c1-11-7-3-6(9)5-12(13-2)8(7)4-10-11/h3-5H,1-2H3/q+1. The average Bonchev–Trinajstić information content (AvgIpc) is 2.47. The minimum Gasteiger partial charge on any atom is -0.274 e. The lowest BCUT2D eigenvalue weighted by molar-refractivity contribution is -0.865. The summed E-state index contributed by atoms with van der Waals surface area (Å²) in [6.45, 7) is 0. The molecular formula is C8H9BrN3O+. The predicted octanol–water partition coefficient (Wildman–Crippen LogP) is 0.682. The molecule has 0 saturated carbocycles. The Balaban J connectivity index is 2.84. The largest absolute Gasteiger partial charge is 0.302 e. The van der Waals surface area contributed by atoms with Gasteiger partial charge >= 0.3 is 5.52 Å². The number of aryl methyl sites for hydroxylation is 1. The highest BCUT2D eigenvalue weighted by Crippen LogP contribution is 2.14. The quantitative estimate of drug-likeness (QED) is 0.689. The molecule has 2 heterocycles. The van der Waals surface area contributed by atoms with E-state index in [0.29, 0.717) is 0 Å². The Labute approximate surface area is 83.8 Å². The summed E-state index contributed by atoms with van der Waals surface area (Å²) in [5, 5.41) is 4.14. The van der Waals surface area contributed by atoms with Gasteiger partial charge in [0.2, 0.25) is 6.20 Å². The molecule has 2 aromatic heterocycles. The number of aromatic nitrogens is 3. The summed E-state index contributed by atoms with van der Waals surface area (Å²) in [6, 6.07) is 2.00. The maximum Gasteiger partial charge on any atom is 0.302 e. The third-order valence-electron chi connectivity index (χ3n) is 1.91. The van der Waals surface area contributed by atoms with Crippen LogP contribution in [0.2, 0.25) is 0 Å². The SMILES string of the molecule is CO[n+]1cc(Br)cc2c1cnn2C. The van der Waals surface area contributed by atoms with Crippen LogP contribution in [0.4, 0.5) is 0 Å². The van der Waals surface area contributed by atoms with Crippen molar-refractivity contribution in [3.05, 3.63) is 22.9 Å². The van der Waals surface area contributed by atoms with Crippen LogP contribution in [0.3, 0.4) is 0 Å². The first-order valence-electron chi connectivity index (χ1n) is 3.80. The van der Waals surface area contributed by atoms with Crippen molar-refractivity contribution in [1.82, 2.24) is 9.78 Å². The van der Waals surface area contributed by atoms with E-state index in [1.165, 1.54) is 0 Å². The first-order valence-corrected chi connectivity index (χ1v) is 4.59. The van der Waals surface area contributed by atoms with Crippen LogP contribution < -0.4 is 9.57 Å². The van der Waals surface area contributed by atoms with Gasteiger partial charge < -0.3 is 0 Å². The number of fused-ring (bicyclic) bond motifs is 1. The summed E-state index contributed by atoms with van der Waals surface area (Å²) in [6.07, 6.45) is 3.62. The van der Waals surface area contributed by atoms with Crippen molar-refractivity contribution in [2.75, 3.05) is 7.11 Å². The molecule has 4 nitrogen and oxygen atoms in total. The monoisotopic (exact) mass is 242 g/mol. The third-order valence-corrected chi connectivity index (χ3v) is 2.35. The van der Waals surface area contributed by atoms with Gasteiger partial charge in [-0.15, -0.1) is 0 Å². The number of hydrogen-bond acceptors (Lipinski definition) is 2. The van der Waals surface area contributed by atoms with E-state index in [2.05, 4.69) is 21.0 Å². The minimum atomic E-state index is 0.952. The lowest BCUT2D eigenvalue weighted by Gasteiger charge is -1.94. The molecule has 0 aromatic carbocycles. The van der Waals surface area contributed by atoms with Crippen molar-refractivity contribution in [1.29, 1.82) is 0 Å². The van der Waals surface area contributed by atoms with Gasteiger partial charge in [0, 0.05) is 11.8 Å². The molecule has 0 spiro atoms. The Morgan fingerprint density at radius 1 is 1.62 bits per heavy atom. The molecule has 0 saturated heterocycles. The molecule has 0 fully saturated rings. The first kappa shape index (κ1) is 8.50. The van der Waals surface area contributed by atoms with Gasteiger partial charge in [-0.05, 0) is 22.0 Å². The third kappa shape index (κ3) is 1.29. The van der Waals surface area contributed by atoms with Crippen molar-refractivity contribution < 1.29 is 9.57 Å². The summed E-state index contributed by atoms with van der Waals surface area (Å²) in [5.41, 5.74) is 1.98. The van der Waals surface area contributed by atoms with Gasteiger partial charge in [0.1, 0.15) is 18.8 Å². The van der Waals surface area contributed by atoms with E-state index >= 15 is 0 Å². The number of hydrogen-bond donors (Lipinski definition) is 0. The van der Waals surface area contributed by atoms with E-state index in [-0.39, 0.29) is 0 Å². The fourth-order valence-electron chi connectivity index (χ4n) is 1.27. The maximum absolute atomic E-state index is 5.15. The summed E-state index contributed by atoms with van der Waals surface area (Å²) in [7, 11) is 3.52. The van der Waals surface area contributed by atoms with E-state index in [1.54, 1.807) is 22.7 Å². The van der Waals surface area contributed by atoms with E-state index in [4.69, 9.17) is 4.84 Å². The van der Waals surface area contributed by atoms with Crippen molar-refractivity contribution in [2.24, 2.45) is 7.05 Å². The van der Waals surface area contributed by atoms with Gasteiger partial charge in [-0.3, -0.25) is 9.52 Å². The number of rotatable bonds is 1. The molecule has 0 N–H and O–H groups in total. The summed E-state index contributed by atoms with van der Waals surface area (Å²) in [4.78, 5) is 5.15. The van der Waals surface area contributed by atoms with Crippen LogP contribution in [-0.4, -0.2) is 16.9 Å². The fraction of sp³-hybridized carbons (Fsp3) is 0.250. The van der Waals surface area contributed by atoms with Crippen LogP contribution >= 0.6 is 15.9 Å². The highest BCUT2D eigenvalue weighted by Gasteiger charge is 2.14. The highest BCUT2D eigenvalue weighted by atomic mass is 79.9. The maximum atomic E-state index is 5.15. The van der Waals surface area contributed by atoms with Gasteiger partial charge in [0.25, 0.3) is 0 Å². The minimum absolute atomic E-state index is 0.952. The number of pyridine rings is 1. The molecule has 68 valence electrons. The van der Waals surface area contributed by atoms with E-state index < -0.39 is 0 Å². The molecular weight excluding hydrogens is 234 g/mol. The lowest BCUT2D eigenvalue weighted by atomic mass is 10.4. The second-order valence-corrected chi connectivity index (χ2v) is 3.62. The zero-order valence-corrected chi connectivity index (χ0v) is 8.95. The molecule has 0 unspecified atom stereocenters. The van der Waals surface area contributed by atoms with Crippen LogP contribution in [0.5, 0.6) is 0 Å². The van der Waals surface area contributed by atoms with Gasteiger partial charge in [-0.1, -0.05) is 0 Å². The van der Waals surface area contributed by atoms with Gasteiger partial charge in [-0.2, -0.15) is 5.10 Å². The zero-order chi connectivity index (χ0) is 9.42. The summed E-state index contributed by atoms with van der Waals surface area (Å²) >= 11 is 3.40. The summed E-state index contributed by atoms with van der Waals surface area (Å²) < 4.78 is 4.44. The molecule has 13 heavy (non-hydrogen) atoms. The molecule has 0 amide bonds. The predicted molar refractivity (Wildman–Crippen MR) is 51.1 cm³/mol. The van der Waals surface area contributed by atoms with Crippen LogP contribution in [0.25, 0.3) is 11.0 Å². The second-order valence-electron chi connectivity index (χ2n) is 2.71. The molecule has 2 aromatic rings. The molecule has 0 radical (unpaired) electrons. The molecule has 0 aliphatic heterocycles. The van der Waals surface area contributed by atoms with Crippen LogP contribution in [0.15, 0.2) is 22.9 Å². The normalized spacial score (nSPS) is 10.7.